The summed E-state index contributed by atoms with van der Waals surface area (Å²) in [5, 5.41) is 9.53. The van der Waals surface area contributed by atoms with Gasteiger partial charge in [0.05, 0.1) is 18.0 Å². The van der Waals surface area contributed by atoms with Crippen LogP contribution in [0.15, 0.2) is 12.4 Å². The van der Waals surface area contributed by atoms with Crippen LogP contribution in [0.2, 0.25) is 0 Å². The fraction of sp³-hybridized carbons (Fsp3) is 0.692. The van der Waals surface area contributed by atoms with E-state index in [4.69, 9.17) is 0 Å². The highest BCUT2D eigenvalue weighted by atomic mass is 32.2. The number of sulfonamides is 1. The van der Waals surface area contributed by atoms with Crippen molar-refractivity contribution in [3.8, 4) is 0 Å². The second-order valence-corrected chi connectivity index (χ2v) is 7.59. The van der Waals surface area contributed by atoms with Gasteiger partial charge in [-0.1, -0.05) is 0 Å². The van der Waals surface area contributed by atoms with Gasteiger partial charge in [0.1, 0.15) is 0 Å². The van der Waals surface area contributed by atoms with Crippen molar-refractivity contribution in [2.24, 2.45) is 5.92 Å². The number of carbonyl (C=O) groups excluding carboxylic acids is 1. The van der Waals surface area contributed by atoms with E-state index in [1.165, 1.54) is 4.31 Å². The molecule has 21 heavy (non-hydrogen) atoms. The van der Waals surface area contributed by atoms with Crippen LogP contribution in [0, 0.1) is 5.92 Å². The summed E-state index contributed by atoms with van der Waals surface area (Å²) < 4.78 is 25.0. The maximum atomic E-state index is 12.2. The van der Waals surface area contributed by atoms with Crippen molar-refractivity contribution in [1.29, 1.82) is 0 Å². The number of aromatic amines is 1. The highest BCUT2D eigenvalue weighted by molar-refractivity contribution is 7.89. The second kappa shape index (κ2) is 6.57. The molecule has 1 amide bonds. The van der Waals surface area contributed by atoms with E-state index in [1.54, 1.807) is 19.3 Å². The van der Waals surface area contributed by atoms with Crippen molar-refractivity contribution in [3.63, 3.8) is 0 Å². The number of amides is 1. The Hall–Kier alpha value is -1.41. The molecule has 1 aromatic rings. The van der Waals surface area contributed by atoms with Crippen molar-refractivity contribution in [1.82, 2.24) is 19.8 Å². The van der Waals surface area contributed by atoms with Gasteiger partial charge in [-0.15, -0.1) is 0 Å². The lowest BCUT2D eigenvalue weighted by Crippen LogP contribution is -2.43. The van der Waals surface area contributed by atoms with Crippen LogP contribution in [0.25, 0.3) is 0 Å². The summed E-state index contributed by atoms with van der Waals surface area (Å²) in [5.74, 6) is -0.0265. The quantitative estimate of drug-likeness (QED) is 0.834. The van der Waals surface area contributed by atoms with Crippen molar-refractivity contribution in [3.05, 3.63) is 18.0 Å². The number of rotatable bonds is 5. The Kier molecular flexibility index (Phi) is 5.00. The first kappa shape index (κ1) is 16.0. The van der Waals surface area contributed by atoms with Gasteiger partial charge in [0, 0.05) is 30.8 Å². The van der Waals surface area contributed by atoms with Crippen LogP contribution in [0.5, 0.6) is 0 Å². The minimum absolute atomic E-state index is 0.0164. The smallest absolute Gasteiger partial charge is 0.223 e. The Morgan fingerprint density at radius 3 is 2.71 bits per heavy atom. The molecule has 0 aliphatic carbocycles. The second-order valence-electron chi connectivity index (χ2n) is 5.34. The number of hydrogen-bond acceptors (Lipinski definition) is 4. The van der Waals surface area contributed by atoms with Gasteiger partial charge >= 0.3 is 0 Å². The zero-order chi connectivity index (χ0) is 15.5. The molecule has 0 aromatic carbocycles. The van der Waals surface area contributed by atoms with Crippen LogP contribution < -0.4 is 5.32 Å². The van der Waals surface area contributed by atoms with Gasteiger partial charge in [0.15, 0.2) is 0 Å². The fourth-order valence-electron chi connectivity index (χ4n) is 2.49. The highest BCUT2D eigenvalue weighted by Crippen LogP contribution is 2.21. The number of nitrogens with zero attached hydrogens (tertiary/aromatic N) is 2. The summed E-state index contributed by atoms with van der Waals surface area (Å²) in [4.78, 5) is 12.2. The summed E-state index contributed by atoms with van der Waals surface area (Å²) in [6.45, 7) is 4.39. The van der Waals surface area contributed by atoms with E-state index in [0.29, 0.717) is 25.9 Å². The van der Waals surface area contributed by atoms with Gasteiger partial charge in [0.2, 0.25) is 15.9 Å². The van der Waals surface area contributed by atoms with Gasteiger partial charge in [0.25, 0.3) is 0 Å². The molecule has 0 bridgehead atoms. The van der Waals surface area contributed by atoms with Crippen LogP contribution >= 0.6 is 0 Å². The molecule has 0 saturated carbocycles. The summed E-state index contributed by atoms with van der Waals surface area (Å²) in [7, 11) is -3.14. The number of aromatic nitrogens is 2. The van der Waals surface area contributed by atoms with Crippen LogP contribution in [0.1, 0.15) is 38.3 Å². The summed E-state index contributed by atoms with van der Waals surface area (Å²) in [5.41, 5.74) is 0.925. The highest BCUT2D eigenvalue weighted by Gasteiger charge is 2.30. The largest absolute Gasteiger partial charge is 0.349 e. The minimum atomic E-state index is -3.14. The Bertz CT molecular complexity index is 562. The predicted molar refractivity (Wildman–Crippen MR) is 78.9 cm³/mol. The Morgan fingerprint density at radius 1 is 1.52 bits per heavy atom. The molecule has 2 N–H and O–H groups in total. The minimum Gasteiger partial charge on any atom is -0.349 e. The van der Waals surface area contributed by atoms with Crippen LogP contribution in [-0.2, 0) is 14.8 Å². The average molecular weight is 314 g/mol. The maximum absolute atomic E-state index is 12.2. The molecule has 1 fully saturated rings. The monoisotopic (exact) mass is 314 g/mol. The molecule has 0 spiro atoms. The molecule has 1 atom stereocenters. The Morgan fingerprint density at radius 2 is 2.19 bits per heavy atom. The van der Waals surface area contributed by atoms with E-state index in [1.807, 2.05) is 6.92 Å². The summed E-state index contributed by atoms with van der Waals surface area (Å²) in [6.07, 6.45) is 4.58. The number of piperidine rings is 1. The zero-order valence-corrected chi connectivity index (χ0v) is 13.2. The molecule has 1 aromatic heterocycles. The topological polar surface area (TPSA) is 95.2 Å². The van der Waals surface area contributed by atoms with E-state index in [0.717, 1.165) is 5.56 Å². The van der Waals surface area contributed by atoms with E-state index in [2.05, 4.69) is 15.5 Å². The predicted octanol–water partition coefficient (Wildman–Crippen LogP) is 0.649. The number of hydrogen-bond donors (Lipinski definition) is 2. The molecule has 0 radical (unpaired) electrons. The first-order valence-electron chi connectivity index (χ1n) is 7.21. The third-order valence-corrected chi connectivity index (χ3v) is 5.84. The van der Waals surface area contributed by atoms with E-state index >= 15 is 0 Å². The summed E-state index contributed by atoms with van der Waals surface area (Å²) >= 11 is 0. The maximum Gasteiger partial charge on any atom is 0.223 e. The standard InChI is InChI=1S/C13H22N4O3S/c1-3-21(19,20)17-6-4-11(5-7-17)13(18)16-10(2)12-8-14-15-9-12/h8-11H,3-7H2,1-2H3,(H,14,15)(H,16,18). The molecular formula is C13H22N4O3S. The Labute approximate surface area is 125 Å². The molecular weight excluding hydrogens is 292 g/mol. The molecule has 1 aliphatic heterocycles. The van der Waals surface area contributed by atoms with Crippen LogP contribution in [-0.4, -0.2) is 47.7 Å². The van der Waals surface area contributed by atoms with E-state index in [9.17, 15) is 13.2 Å². The van der Waals surface area contributed by atoms with Crippen molar-refractivity contribution < 1.29 is 13.2 Å². The van der Waals surface area contributed by atoms with E-state index in [-0.39, 0.29) is 23.6 Å². The van der Waals surface area contributed by atoms with Gasteiger partial charge < -0.3 is 5.32 Å². The number of H-pyrrole nitrogens is 1. The average Bonchev–Trinajstić information content (AvgIpc) is 3.01. The normalized spacial score (nSPS) is 19.3. The lowest BCUT2D eigenvalue weighted by Gasteiger charge is -2.30. The van der Waals surface area contributed by atoms with Crippen molar-refractivity contribution >= 4 is 15.9 Å². The molecule has 1 unspecified atom stereocenters. The number of carbonyl (C=O) groups is 1. The van der Waals surface area contributed by atoms with Crippen LogP contribution in [0.4, 0.5) is 0 Å². The van der Waals surface area contributed by atoms with E-state index < -0.39 is 10.0 Å². The Balaban J connectivity index is 1.86. The first-order valence-corrected chi connectivity index (χ1v) is 8.82. The third kappa shape index (κ3) is 3.82. The summed E-state index contributed by atoms with van der Waals surface area (Å²) in [6, 6.07) is -0.103. The molecule has 2 heterocycles. The molecule has 2 rings (SSSR count). The SMILES string of the molecule is CCS(=O)(=O)N1CCC(C(=O)NC(C)c2cn[nH]c2)CC1. The van der Waals surface area contributed by atoms with Gasteiger partial charge in [-0.3, -0.25) is 9.89 Å². The third-order valence-electron chi connectivity index (χ3n) is 3.96. The molecule has 1 saturated heterocycles. The molecule has 118 valence electrons. The zero-order valence-electron chi connectivity index (χ0n) is 12.4. The molecule has 7 nitrogen and oxygen atoms in total. The first-order chi connectivity index (χ1) is 9.94. The van der Waals surface area contributed by atoms with Gasteiger partial charge in [-0.2, -0.15) is 5.10 Å². The van der Waals surface area contributed by atoms with Crippen molar-refractivity contribution in [2.45, 2.75) is 32.7 Å². The molecule has 1 aliphatic rings. The lowest BCUT2D eigenvalue weighted by atomic mass is 9.96. The molecule has 8 heteroatoms. The van der Waals surface area contributed by atoms with Gasteiger partial charge in [-0.05, 0) is 26.7 Å². The van der Waals surface area contributed by atoms with Crippen LogP contribution in [0.3, 0.4) is 0 Å². The lowest BCUT2D eigenvalue weighted by molar-refractivity contribution is -0.126. The van der Waals surface area contributed by atoms with Crippen molar-refractivity contribution in [2.75, 3.05) is 18.8 Å². The fourth-order valence-corrected chi connectivity index (χ4v) is 3.62. The van der Waals surface area contributed by atoms with Gasteiger partial charge in [-0.25, -0.2) is 12.7 Å². The number of nitrogens with one attached hydrogen (secondary N) is 2.